The molecule has 3 N–H and O–H groups in total. The molecule has 0 fully saturated rings. The van der Waals surface area contributed by atoms with Crippen LogP contribution in [0.5, 0.6) is 5.75 Å². The second kappa shape index (κ2) is 5.71. The predicted molar refractivity (Wildman–Crippen MR) is 73.2 cm³/mol. The summed E-state index contributed by atoms with van der Waals surface area (Å²) in [6.45, 7) is 0.0877. The third-order valence-corrected chi connectivity index (χ3v) is 2.79. The zero-order chi connectivity index (χ0) is 13.8. The van der Waals surface area contributed by atoms with Crippen LogP contribution in [-0.4, -0.2) is 5.84 Å². The molecule has 0 saturated carbocycles. The maximum Gasteiger partial charge on any atom is 0.131 e. The highest BCUT2D eigenvalue weighted by Crippen LogP contribution is 2.18. The lowest BCUT2D eigenvalue weighted by Crippen LogP contribution is -2.10. The molecule has 2 rings (SSSR count). The largest absolute Gasteiger partial charge is 0.489 e. The quantitative estimate of drug-likeness (QED) is 0.666. The van der Waals surface area contributed by atoms with Gasteiger partial charge in [-0.1, -0.05) is 29.8 Å². The molecule has 0 aliphatic carbocycles. The lowest BCUT2D eigenvalue weighted by atomic mass is 10.2. The van der Waals surface area contributed by atoms with Crippen molar-refractivity contribution in [2.45, 2.75) is 6.61 Å². The number of hydrogen-bond acceptors (Lipinski definition) is 2. The van der Waals surface area contributed by atoms with Gasteiger partial charge in [-0.05, 0) is 24.3 Å². The van der Waals surface area contributed by atoms with Gasteiger partial charge < -0.3 is 10.5 Å². The molecule has 5 heteroatoms. The molecule has 0 aliphatic heterocycles. The smallest absolute Gasteiger partial charge is 0.131 e. The third kappa shape index (κ3) is 3.45. The molecular weight excluding hydrogens is 267 g/mol. The van der Waals surface area contributed by atoms with Crippen molar-refractivity contribution in [3.8, 4) is 5.75 Å². The number of nitrogens with one attached hydrogen (secondary N) is 1. The number of ether oxygens (including phenoxy) is 1. The second-order valence-electron chi connectivity index (χ2n) is 3.97. The van der Waals surface area contributed by atoms with E-state index >= 15 is 0 Å². The van der Waals surface area contributed by atoms with Crippen molar-refractivity contribution in [2.75, 3.05) is 0 Å². The van der Waals surface area contributed by atoms with Gasteiger partial charge >= 0.3 is 0 Å². The molecule has 0 aromatic heterocycles. The highest BCUT2D eigenvalue weighted by molar-refractivity contribution is 6.30. The molecule has 2 aromatic rings. The molecular formula is C14H12ClFN2O. The lowest BCUT2D eigenvalue weighted by Gasteiger charge is -2.08. The van der Waals surface area contributed by atoms with E-state index in [9.17, 15) is 4.39 Å². The summed E-state index contributed by atoms with van der Waals surface area (Å²) in [5.74, 6) is 0.0837. The van der Waals surface area contributed by atoms with E-state index in [4.69, 9.17) is 27.5 Å². The van der Waals surface area contributed by atoms with E-state index in [0.717, 1.165) is 0 Å². The summed E-state index contributed by atoms with van der Waals surface area (Å²) in [6.07, 6.45) is 0. The zero-order valence-electron chi connectivity index (χ0n) is 9.99. The second-order valence-corrected chi connectivity index (χ2v) is 4.40. The highest BCUT2D eigenvalue weighted by Gasteiger charge is 2.05. The van der Waals surface area contributed by atoms with Crippen molar-refractivity contribution in [2.24, 2.45) is 5.73 Å². The third-order valence-electron chi connectivity index (χ3n) is 2.55. The van der Waals surface area contributed by atoms with Gasteiger partial charge in [0, 0.05) is 16.1 Å². The van der Waals surface area contributed by atoms with E-state index in [0.29, 0.717) is 21.9 Å². The molecule has 0 radical (unpaired) electrons. The fourth-order valence-electron chi connectivity index (χ4n) is 1.55. The van der Waals surface area contributed by atoms with Crippen molar-refractivity contribution >= 4 is 17.4 Å². The Labute approximate surface area is 115 Å². The van der Waals surface area contributed by atoms with Crippen LogP contribution in [0.3, 0.4) is 0 Å². The van der Waals surface area contributed by atoms with E-state index in [1.165, 1.54) is 6.07 Å². The van der Waals surface area contributed by atoms with Crippen LogP contribution in [0, 0.1) is 11.2 Å². The first-order valence-electron chi connectivity index (χ1n) is 5.57. The highest BCUT2D eigenvalue weighted by atomic mass is 35.5. The van der Waals surface area contributed by atoms with Gasteiger partial charge in [0.2, 0.25) is 0 Å². The van der Waals surface area contributed by atoms with Gasteiger partial charge in [0.15, 0.2) is 0 Å². The normalized spacial score (nSPS) is 10.2. The summed E-state index contributed by atoms with van der Waals surface area (Å²) in [5.41, 5.74) is 6.36. The summed E-state index contributed by atoms with van der Waals surface area (Å²) >= 11 is 5.67. The van der Waals surface area contributed by atoms with Gasteiger partial charge in [0.1, 0.15) is 24.0 Å². The average molecular weight is 279 g/mol. The molecule has 0 atom stereocenters. The van der Waals surface area contributed by atoms with Gasteiger partial charge in [-0.3, -0.25) is 5.41 Å². The topological polar surface area (TPSA) is 59.1 Å². The first-order valence-corrected chi connectivity index (χ1v) is 5.95. The number of benzene rings is 2. The molecule has 0 amide bonds. The van der Waals surface area contributed by atoms with E-state index in [1.54, 1.807) is 36.4 Å². The van der Waals surface area contributed by atoms with Crippen LogP contribution in [0.2, 0.25) is 5.02 Å². The Hall–Kier alpha value is -2.07. The maximum atomic E-state index is 13.5. The Kier molecular flexibility index (Phi) is 4.02. The lowest BCUT2D eigenvalue weighted by molar-refractivity contribution is 0.300. The molecule has 0 aliphatic rings. The molecule has 2 aromatic carbocycles. The number of nitrogens with two attached hydrogens (primary N) is 1. The minimum absolute atomic E-state index is 0.0388. The van der Waals surface area contributed by atoms with Crippen molar-refractivity contribution in [3.63, 3.8) is 0 Å². The predicted octanol–water partition coefficient (Wildman–Crippen LogP) is 3.34. The summed E-state index contributed by atoms with van der Waals surface area (Å²) < 4.78 is 19.0. The maximum absolute atomic E-state index is 13.5. The Morgan fingerprint density at radius 2 is 2.05 bits per heavy atom. The van der Waals surface area contributed by atoms with Crippen LogP contribution >= 0.6 is 11.6 Å². The summed E-state index contributed by atoms with van der Waals surface area (Å²) in [6, 6.07) is 11.2. The van der Waals surface area contributed by atoms with Gasteiger partial charge in [-0.25, -0.2) is 4.39 Å². The molecule has 19 heavy (non-hydrogen) atoms. The Morgan fingerprint density at radius 1 is 1.26 bits per heavy atom. The number of rotatable bonds is 4. The van der Waals surface area contributed by atoms with Crippen LogP contribution in [-0.2, 0) is 6.61 Å². The van der Waals surface area contributed by atoms with Crippen molar-refractivity contribution in [3.05, 3.63) is 64.4 Å². The molecule has 98 valence electrons. The zero-order valence-corrected chi connectivity index (χ0v) is 10.7. The van der Waals surface area contributed by atoms with Crippen LogP contribution < -0.4 is 10.5 Å². The van der Waals surface area contributed by atoms with E-state index < -0.39 is 5.82 Å². The van der Waals surface area contributed by atoms with Crippen molar-refractivity contribution < 1.29 is 9.13 Å². The molecule has 0 heterocycles. The van der Waals surface area contributed by atoms with E-state index in [1.807, 2.05) is 0 Å². The standard InChI is InChI=1S/C14H12ClFN2O/c15-11-5-4-10(13(16)7-11)8-19-12-3-1-2-9(6-12)14(17)18/h1-7H,8H2,(H3,17,18). The van der Waals surface area contributed by atoms with Crippen LogP contribution in [0.1, 0.15) is 11.1 Å². The van der Waals surface area contributed by atoms with Gasteiger partial charge in [-0.15, -0.1) is 0 Å². The Bertz CT molecular complexity index is 616. The van der Waals surface area contributed by atoms with Crippen molar-refractivity contribution in [1.82, 2.24) is 0 Å². The van der Waals surface area contributed by atoms with Gasteiger partial charge in [0.05, 0.1) is 0 Å². The van der Waals surface area contributed by atoms with Crippen molar-refractivity contribution in [1.29, 1.82) is 5.41 Å². The number of halogens is 2. The fourth-order valence-corrected chi connectivity index (χ4v) is 1.71. The first-order chi connectivity index (χ1) is 9.06. The average Bonchev–Trinajstić information content (AvgIpc) is 2.38. The minimum Gasteiger partial charge on any atom is -0.489 e. The molecule has 0 bridgehead atoms. The summed E-state index contributed by atoms with van der Waals surface area (Å²) in [5, 5.41) is 7.68. The van der Waals surface area contributed by atoms with Gasteiger partial charge in [0.25, 0.3) is 0 Å². The number of amidine groups is 1. The van der Waals surface area contributed by atoms with E-state index in [-0.39, 0.29) is 12.4 Å². The van der Waals surface area contributed by atoms with Crippen LogP contribution in [0.25, 0.3) is 0 Å². The molecule has 0 spiro atoms. The molecule has 3 nitrogen and oxygen atoms in total. The van der Waals surface area contributed by atoms with E-state index in [2.05, 4.69) is 0 Å². The first kappa shape index (κ1) is 13.4. The fraction of sp³-hybridized carbons (Fsp3) is 0.0714. The molecule has 0 saturated heterocycles. The summed E-state index contributed by atoms with van der Waals surface area (Å²) in [4.78, 5) is 0. The van der Waals surface area contributed by atoms with Crippen LogP contribution in [0.15, 0.2) is 42.5 Å². The summed E-state index contributed by atoms with van der Waals surface area (Å²) in [7, 11) is 0. The Balaban J connectivity index is 2.10. The number of hydrogen-bond donors (Lipinski definition) is 2. The van der Waals surface area contributed by atoms with Gasteiger partial charge in [-0.2, -0.15) is 0 Å². The Morgan fingerprint density at radius 3 is 2.74 bits per heavy atom. The SMILES string of the molecule is N=C(N)c1cccc(OCc2ccc(Cl)cc2F)c1. The minimum atomic E-state index is -0.407. The van der Waals surface area contributed by atoms with Crippen LogP contribution in [0.4, 0.5) is 4.39 Å². The monoisotopic (exact) mass is 278 g/mol. The number of nitrogen functional groups attached to an aromatic ring is 1. The molecule has 0 unspecified atom stereocenters.